The van der Waals surface area contributed by atoms with Crippen molar-refractivity contribution in [1.82, 2.24) is 5.32 Å². The highest BCUT2D eigenvalue weighted by Gasteiger charge is 2.33. The highest BCUT2D eigenvalue weighted by Crippen LogP contribution is 2.36. The van der Waals surface area contributed by atoms with Gasteiger partial charge in [-0.05, 0) is 44.7 Å². The van der Waals surface area contributed by atoms with Crippen LogP contribution in [0.3, 0.4) is 0 Å². The first kappa shape index (κ1) is 15.4. The molecule has 0 aliphatic rings. The van der Waals surface area contributed by atoms with E-state index in [4.69, 9.17) is 0 Å². The third-order valence-corrected chi connectivity index (χ3v) is 3.19. The largest absolute Gasteiger partial charge is 0.417 e. The van der Waals surface area contributed by atoms with Crippen LogP contribution in [0.2, 0.25) is 0 Å². The molecule has 1 rings (SSSR count). The second-order valence-electron chi connectivity index (χ2n) is 5.14. The monoisotopic (exact) mass is 277 g/mol. The van der Waals surface area contributed by atoms with E-state index in [1.165, 1.54) is 12.1 Å². The molecule has 0 unspecified atom stereocenters. The van der Waals surface area contributed by atoms with E-state index >= 15 is 0 Å². The molecule has 102 valence electrons. The van der Waals surface area contributed by atoms with Gasteiger partial charge >= 0.3 is 6.18 Å². The maximum atomic E-state index is 12.9. The first-order chi connectivity index (χ1) is 8.13. The van der Waals surface area contributed by atoms with Gasteiger partial charge in [0.15, 0.2) is 0 Å². The van der Waals surface area contributed by atoms with Crippen molar-refractivity contribution in [2.75, 3.05) is 6.26 Å². The van der Waals surface area contributed by atoms with Crippen molar-refractivity contribution < 1.29 is 13.2 Å². The Morgan fingerprint density at radius 1 is 1.17 bits per heavy atom. The molecule has 1 aromatic carbocycles. The zero-order valence-corrected chi connectivity index (χ0v) is 11.8. The van der Waals surface area contributed by atoms with Crippen LogP contribution in [0.1, 0.15) is 31.9 Å². The van der Waals surface area contributed by atoms with E-state index in [9.17, 15) is 13.2 Å². The van der Waals surface area contributed by atoms with Gasteiger partial charge in [-0.2, -0.15) is 13.2 Å². The minimum atomic E-state index is -4.30. The Morgan fingerprint density at radius 2 is 1.78 bits per heavy atom. The fraction of sp³-hybridized carbons (Fsp3) is 0.538. The van der Waals surface area contributed by atoms with E-state index in [2.05, 4.69) is 5.32 Å². The summed E-state index contributed by atoms with van der Waals surface area (Å²) in [6.45, 7) is 6.37. The van der Waals surface area contributed by atoms with Crippen molar-refractivity contribution in [3.8, 4) is 0 Å². The highest BCUT2D eigenvalue weighted by molar-refractivity contribution is 7.98. The number of nitrogens with one attached hydrogen (secondary N) is 1. The third kappa shape index (κ3) is 4.53. The van der Waals surface area contributed by atoms with Crippen molar-refractivity contribution in [2.24, 2.45) is 0 Å². The van der Waals surface area contributed by atoms with Gasteiger partial charge < -0.3 is 5.32 Å². The summed E-state index contributed by atoms with van der Waals surface area (Å²) in [5, 5.41) is 3.18. The molecule has 0 saturated carbocycles. The lowest BCUT2D eigenvalue weighted by Gasteiger charge is -2.21. The normalized spacial score (nSPS) is 12.8. The second-order valence-corrected chi connectivity index (χ2v) is 5.98. The molecule has 0 aliphatic carbocycles. The fourth-order valence-corrected chi connectivity index (χ4v) is 2.05. The highest BCUT2D eigenvalue weighted by atomic mass is 32.2. The zero-order valence-electron chi connectivity index (χ0n) is 11.0. The number of hydrogen-bond donors (Lipinski definition) is 1. The molecule has 0 atom stereocenters. The topological polar surface area (TPSA) is 12.0 Å². The minimum absolute atomic E-state index is 0.115. The van der Waals surface area contributed by atoms with Crippen LogP contribution in [0, 0.1) is 0 Å². The number of thioether (sulfide) groups is 1. The number of halogens is 3. The summed E-state index contributed by atoms with van der Waals surface area (Å²) >= 11 is 1.11. The summed E-state index contributed by atoms with van der Waals surface area (Å²) in [4.78, 5) is 0.266. The maximum Gasteiger partial charge on any atom is 0.417 e. The lowest BCUT2D eigenvalue weighted by molar-refractivity contribution is -0.139. The van der Waals surface area contributed by atoms with Gasteiger partial charge in [0.25, 0.3) is 0 Å². The summed E-state index contributed by atoms with van der Waals surface area (Å²) in [6, 6.07) is 4.50. The minimum Gasteiger partial charge on any atom is -0.308 e. The van der Waals surface area contributed by atoms with Crippen LogP contribution in [-0.2, 0) is 12.7 Å². The molecular weight excluding hydrogens is 259 g/mol. The predicted octanol–water partition coefficient (Wildman–Crippen LogP) is 4.32. The van der Waals surface area contributed by atoms with Crippen molar-refractivity contribution in [2.45, 2.75) is 43.9 Å². The van der Waals surface area contributed by atoms with Crippen molar-refractivity contribution >= 4 is 11.8 Å². The van der Waals surface area contributed by atoms with Gasteiger partial charge in [0, 0.05) is 17.0 Å². The Labute approximate surface area is 110 Å². The van der Waals surface area contributed by atoms with Crippen LogP contribution >= 0.6 is 11.8 Å². The predicted molar refractivity (Wildman–Crippen MR) is 69.8 cm³/mol. The molecular formula is C13H18F3NS. The van der Waals surface area contributed by atoms with E-state index in [-0.39, 0.29) is 10.4 Å². The second kappa shape index (κ2) is 5.53. The molecule has 0 bridgehead atoms. The molecule has 0 aromatic heterocycles. The molecule has 18 heavy (non-hydrogen) atoms. The molecule has 1 N–H and O–H groups in total. The molecule has 0 spiro atoms. The van der Waals surface area contributed by atoms with Crippen LogP contribution in [0.15, 0.2) is 23.1 Å². The SMILES string of the molecule is CSc1ccc(CNC(C)(C)C)cc1C(F)(F)F. The number of benzene rings is 1. The van der Waals surface area contributed by atoms with Gasteiger partial charge in [0.1, 0.15) is 0 Å². The number of hydrogen-bond acceptors (Lipinski definition) is 2. The molecule has 0 heterocycles. The van der Waals surface area contributed by atoms with Crippen LogP contribution in [-0.4, -0.2) is 11.8 Å². The van der Waals surface area contributed by atoms with E-state index in [0.717, 1.165) is 11.8 Å². The summed E-state index contributed by atoms with van der Waals surface area (Å²) in [5.74, 6) is 0. The van der Waals surface area contributed by atoms with Crippen LogP contribution in [0.4, 0.5) is 13.2 Å². The van der Waals surface area contributed by atoms with Gasteiger partial charge in [-0.25, -0.2) is 0 Å². The summed E-state index contributed by atoms with van der Waals surface area (Å²) in [7, 11) is 0. The summed E-state index contributed by atoms with van der Waals surface area (Å²) in [5.41, 5.74) is -0.0189. The lowest BCUT2D eigenvalue weighted by atomic mass is 10.1. The van der Waals surface area contributed by atoms with Gasteiger partial charge in [-0.1, -0.05) is 6.07 Å². The van der Waals surface area contributed by atoms with Gasteiger partial charge in [-0.3, -0.25) is 0 Å². The quantitative estimate of drug-likeness (QED) is 0.826. The van der Waals surface area contributed by atoms with Crippen LogP contribution in [0.5, 0.6) is 0 Å². The molecule has 0 radical (unpaired) electrons. The van der Waals surface area contributed by atoms with Gasteiger partial charge in [-0.15, -0.1) is 11.8 Å². The van der Waals surface area contributed by atoms with Gasteiger partial charge in [0.2, 0.25) is 0 Å². The summed E-state index contributed by atoms with van der Waals surface area (Å²) < 4.78 is 38.6. The lowest BCUT2D eigenvalue weighted by Crippen LogP contribution is -2.35. The molecule has 0 saturated heterocycles. The first-order valence-electron chi connectivity index (χ1n) is 5.62. The molecule has 0 aliphatic heterocycles. The Balaban J connectivity index is 2.97. The van der Waals surface area contributed by atoms with Crippen molar-refractivity contribution in [3.05, 3.63) is 29.3 Å². The van der Waals surface area contributed by atoms with Crippen molar-refractivity contribution in [3.63, 3.8) is 0 Å². The Bertz CT molecular complexity index is 408. The zero-order chi connectivity index (χ0) is 14.0. The van der Waals surface area contributed by atoms with Gasteiger partial charge in [0.05, 0.1) is 5.56 Å². The molecule has 1 nitrogen and oxygen atoms in total. The first-order valence-corrected chi connectivity index (χ1v) is 6.85. The average molecular weight is 277 g/mol. The van der Waals surface area contributed by atoms with E-state index in [1.54, 1.807) is 12.3 Å². The molecule has 0 amide bonds. The van der Waals surface area contributed by atoms with Crippen LogP contribution in [0.25, 0.3) is 0 Å². The Morgan fingerprint density at radius 3 is 2.22 bits per heavy atom. The Hall–Kier alpha value is -0.680. The fourth-order valence-electron chi connectivity index (χ4n) is 1.45. The standard InChI is InChI=1S/C13H18F3NS/c1-12(2,3)17-8-9-5-6-11(18-4)10(7-9)13(14,15)16/h5-7,17H,8H2,1-4H3. The van der Waals surface area contributed by atoms with Crippen LogP contribution < -0.4 is 5.32 Å². The molecule has 5 heteroatoms. The summed E-state index contributed by atoms with van der Waals surface area (Å²) in [6.07, 6.45) is -2.65. The Kier molecular flexibility index (Phi) is 4.72. The molecule has 0 fully saturated rings. The van der Waals surface area contributed by atoms with E-state index in [0.29, 0.717) is 12.1 Å². The maximum absolute atomic E-state index is 12.9. The smallest absolute Gasteiger partial charge is 0.308 e. The number of alkyl halides is 3. The number of rotatable bonds is 3. The molecule has 1 aromatic rings. The van der Waals surface area contributed by atoms with Crippen molar-refractivity contribution in [1.29, 1.82) is 0 Å². The third-order valence-electron chi connectivity index (χ3n) is 2.39. The van der Waals surface area contributed by atoms with E-state index < -0.39 is 11.7 Å². The average Bonchev–Trinajstić information content (AvgIpc) is 2.24. The van der Waals surface area contributed by atoms with E-state index in [1.807, 2.05) is 20.8 Å².